The largest absolute Gasteiger partial charge is 0.478 e. The summed E-state index contributed by atoms with van der Waals surface area (Å²) < 4.78 is 0.575. The van der Waals surface area contributed by atoms with Crippen LogP contribution in [-0.2, 0) is 0 Å². The van der Waals surface area contributed by atoms with E-state index in [0.717, 1.165) is 0 Å². The Bertz CT molecular complexity index is 493. The van der Waals surface area contributed by atoms with E-state index in [0.29, 0.717) is 29.7 Å². The van der Waals surface area contributed by atoms with E-state index in [9.17, 15) is 9.59 Å². The van der Waals surface area contributed by atoms with Crippen molar-refractivity contribution in [2.24, 2.45) is 0 Å². The first-order valence-corrected chi connectivity index (χ1v) is 6.98. The number of anilines is 1. The van der Waals surface area contributed by atoms with Crippen molar-refractivity contribution in [2.45, 2.75) is 13.3 Å². The molecule has 20 heavy (non-hydrogen) atoms. The van der Waals surface area contributed by atoms with Crippen molar-refractivity contribution in [3.63, 3.8) is 0 Å². The standard InChI is InChI=1S/C13H17BrN2O4/c1-2-16(4-3-5-17)13(20)15-11-7-9(12(18)19)6-10(14)8-11/h6-8,17H,2-5H2,1H3,(H,15,20)(H,18,19). The van der Waals surface area contributed by atoms with Gasteiger partial charge < -0.3 is 20.4 Å². The first-order chi connectivity index (χ1) is 9.47. The molecule has 3 N–H and O–H groups in total. The Hall–Kier alpha value is -1.60. The van der Waals surface area contributed by atoms with Crippen LogP contribution in [0, 0.1) is 0 Å². The number of urea groups is 1. The number of benzene rings is 1. The molecule has 110 valence electrons. The highest BCUT2D eigenvalue weighted by molar-refractivity contribution is 9.10. The third-order valence-corrected chi connectivity index (χ3v) is 3.11. The zero-order valence-electron chi connectivity index (χ0n) is 11.1. The summed E-state index contributed by atoms with van der Waals surface area (Å²) in [6.45, 7) is 2.80. The number of carbonyl (C=O) groups is 2. The number of rotatable bonds is 6. The minimum Gasteiger partial charge on any atom is -0.478 e. The van der Waals surface area contributed by atoms with E-state index in [4.69, 9.17) is 10.2 Å². The van der Waals surface area contributed by atoms with Gasteiger partial charge in [-0.2, -0.15) is 0 Å². The summed E-state index contributed by atoms with van der Waals surface area (Å²) in [7, 11) is 0. The Balaban J connectivity index is 2.81. The summed E-state index contributed by atoms with van der Waals surface area (Å²) >= 11 is 3.21. The maximum atomic E-state index is 12.0. The van der Waals surface area contributed by atoms with Gasteiger partial charge in [0.2, 0.25) is 0 Å². The van der Waals surface area contributed by atoms with E-state index >= 15 is 0 Å². The van der Waals surface area contributed by atoms with Crippen molar-refractivity contribution in [1.29, 1.82) is 0 Å². The molecule has 1 aromatic rings. The van der Waals surface area contributed by atoms with E-state index < -0.39 is 5.97 Å². The lowest BCUT2D eigenvalue weighted by Gasteiger charge is -2.21. The first kappa shape index (κ1) is 16.5. The smallest absolute Gasteiger partial charge is 0.335 e. The number of nitrogens with one attached hydrogen (secondary N) is 1. The normalized spacial score (nSPS) is 10.2. The van der Waals surface area contributed by atoms with Crippen molar-refractivity contribution in [3.05, 3.63) is 28.2 Å². The van der Waals surface area contributed by atoms with E-state index in [1.807, 2.05) is 6.92 Å². The van der Waals surface area contributed by atoms with Crippen LogP contribution < -0.4 is 5.32 Å². The molecular weight excluding hydrogens is 328 g/mol. The van der Waals surface area contributed by atoms with Gasteiger partial charge in [-0.25, -0.2) is 9.59 Å². The Labute approximate surface area is 125 Å². The first-order valence-electron chi connectivity index (χ1n) is 6.18. The van der Waals surface area contributed by atoms with Gasteiger partial charge in [-0.15, -0.1) is 0 Å². The van der Waals surface area contributed by atoms with Crippen LogP contribution in [-0.4, -0.2) is 46.8 Å². The van der Waals surface area contributed by atoms with Crippen molar-refractivity contribution in [2.75, 3.05) is 25.0 Å². The molecule has 0 aliphatic carbocycles. The number of aliphatic hydroxyl groups is 1. The summed E-state index contributed by atoms with van der Waals surface area (Å²) in [5.41, 5.74) is 0.498. The fourth-order valence-electron chi connectivity index (χ4n) is 1.65. The summed E-state index contributed by atoms with van der Waals surface area (Å²) in [6, 6.07) is 4.16. The summed E-state index contributed by atoms with van der Waals surface area (Å²) in [4.78, 5) is 24.5. The number of hydrogen-bond donors (Lipinski definition) is 3. The van der Waals surface area contributed by atoms with Gasteiger partial charge in [-0.05, 0) is 31.5 Å². The highest BCUT2D eigenvalue weighted by Crippen LogP contribution is 2.20. The molecule has 0 heterocycles. The number of carboxylic acids is 1. The molecule has 0 aliphatic rings. The van der Waals surface area contributed by atoms with Gasteiger partial charge in [0.15, 0.2) is 0 Å². The van der Waals surface area contributed by atoms with Crippen LogP contribution in [0.4, 0.5) is 10.5 Å². The highest BCUT2D eigenvalue weighted by atomic mass is 79.9. The summed E-state index contributed by atoms with van der Waals surface area (Å²) in [6.07, 6.45) is 0.500. The Morgan fingerprint density at radius 3 is 2.60 bits per heavy atom. The number of nitrogens with zero attached hydrogens (tertiary/aromatic N) is 1. The van der Waals surface area contributed by atoms with Gasteiger partial charge in [0.25, 0.3) is 0 Å². The SMILES string of the molecule is CCN(CCCO)C(=O)Nc1cc(Br)cc(C(=O)O)c1. The molecule has 7 heteroatoms. The summed E-state index contributed by atoms with van der Waals surface area (Å²) in [5.74, 6) is -1.06. The average molecular weight is 345 g/mol. The fraction of sp³-hybridized carbons (Fsp3) is 0.385. The van der Waals surface area contributed by atoms with E-state index in [2.05, 4.69) is 21.2 Å². The molecule has 1 aromatic carbocycles. The molecule has 0 fully saturated rings. The number of amides is 2. The van der Waals surface area contributed by atoms with Crippen molar-refractivity contribution in [3.8, 4) is 0 Å². The molecule has 6 nitrogen and oxygen atoms in total. The minimum absolute atomic E-state index is 0.0177. The van der Waals surface area contributed by atoms with E-state index in [1.54, 1.807) is 6.07 Å². The average Bonchev–Trinajstić information content (AvgIpc) is 2.38. The lowest BCUT2D eigenvalue weighted by atomic mass is 10.2. The molecule has 0 aliphatic heterocycles. The molecule has 0 unspecified atom stereocenters. The molecule has 1 rings (SSSR count). The molecule has 0 spiro atoms. The molecule has 0 aromatic heterocycles. The van der Waals surface area contributed by atoms with E-state index in [1.165, 1.54) is 17.0 Å². The molecular formula is C13H17BrN2O4. The van der Waals surface area contributed by atoms with Gasteiger partial charge in [0, 0.05) is 29.9 Å². The monoisotopic (exact) mass is 344 g/mol. The van der Waals surface area contributed by atoms with Crippen LogP contribution in [0.1, 0.15) is 23.7 Å². The lowest BCUT2D eigenvalue weighted by molar-refractivity contribution is 0.0696. The maximum Gasteiger partial charge on any atom is 0.335 e. The maximum absolute atomic E-state index is 12.0. The van der Waals surface area contributed by atoms with Crippen LogP contribution in [0.3, 0.4) is 0 Å². The number of hydrogen-bond acceptors (Lipinski definition) is 3. The second-order valence-corrected chi connectivity index (χ2v) is 5.04. The highest BCUT2D eigenvalue weighted by Gasteiger charge is 2.13. The number of aromatic carboxylic acids is 1. The van der Waals surface area contributed by atoms with Crippen LogP contribution in [0.25, 0.3) is 0 Å². The van der Waals surface area contributed by atoms with Gasteiger partial charge in [0.05, 0.1) is 5.56 Å². The van der Waals surface area contributed by atoms with Gasteiger partial charge in [0.1, 0.15) is 0 Å². The predicted octanol–water partition coefficient (Wildman–Crippen LogP) is 2.38. The number of carbonyl (C=O) groups excluding carboxylic acids is 1. The number of halogens is 1. The fourth-order valence-corrected chi connectivity index (χ4v) is 2.15. The topological polar surface area (TPSA) is 89.9 Å². The van der Waals surface area contributed by atoms with Crippen LogP contribution in [0.15, 0.2) is 22.7 Å². The Morgan fingerprint density at radius 2 is 2.05 bits per heavy atom. The van der Waals surface area contributed by atoms with Crippen molar-refractivity contribution >= 4 is 33.6 Å². The predicted molar refractivity (Wildman–Crippen MR) is 79.1 cm³/mol. The molecule has 0 saturated heterocycles. The summed E-state index contributed by atoms with van der Waals surface area (Å²) in [5, 5.41) is 20.4. The van der Waals surface area contributed by atoms with Crippen LogP contribution in [0.5, 0.6) is 0 Å². The van der Waals surface area contributed by atoms with E-state index in [-0.39, 0.29) is 18.2 Å². The molecule has 0 atom stereocenters. The number of aliphatic hydroxyl groups excluding tert-OH is 1. The van der Waals surface area contributed by atoms with Gasteiger partial charge >= 0.3 is 12.0 Å². The number of carboxylic acid groups (broad SMARTS) is 1. The van der Waals surface area contributed by atoms with Crippen molar-refractivity contribution in [1.82, 2.24) is 4.90 Å². The molecule has 0 saturated carbocycles. The zero-order chi connectivity index (χ0) is 15.1. The van der Waals surface area contributed by atoms with Gasteiger partial charge in [-0.1, -0.05) is 15.9 Å². The lowest BCUT2D eigenvalue weighted by Crippen LogP contribution is -2.35. The second kappa shape index (κ2) is 7.86. The zero-order valence-corrected chi connectivity index (χ0v) is 12.7. The van der Waals surface area contributed by atoms with Crippen LogP contribution >= 0.6 is 15.9 Å². The minimum atomic E-state index is -1.06. The Kier molecular flexibility index (Phi) is 6.47. The van der Waals surface area contributed by atoms with Crippen molar-refractivity contribution < 1.29 is 19.8 Å². The Morgan fingerprint density at radius 1 is 1.35 bits per heavy atom. The third kappa shape index (κ3) is 4.82. The second-order valence-electron chi connectivity index (χ2n) is 4.12. The quantitative estimate of drug-likeness (QED) is 0.738. The molecule has 0 bridgehead atoms. The molecule has 0 radical (unpaired) electrons. The molecule has 2 amide bonds. The van der Waals surface area contributed by atoms with Crippen LogP contribution in [0.2, 0.25) is 0 Å². The third-order valence-electron chi connectivity index (χ3n) is 2.65. The van der Waals surface area contributed by atoms with Gasteiger partial charge in [-0.3, -0.25) is 0 Å².